The van der Waals surface area contributed by atoms with Crippen molar-refractivity contribution < 1.29 is 50.1 Å². The van der Waals surface area contributed by atoms with Crippen molar-refractivity contribution in [3.8, 4) is 0 Å². The van der Waals surface area contributed by atoms with E-state index in [1.54, 1.807) is 12.2 Å². The maximum absolute atomic E-state index is 14.1. The molecule has 7 heteroatoms. The Hall–Kier alpha value is 1.27. The van der Waals surface area contributed by atoms with Crippen LogP contribution in [0.5, 0.6) is 0 Å². The summed E-state index contributed by atoms with van der Waals surface area (Å²) in [7, 11) is 5.14. The first kappa shape index (κ1) is 38.8. The number of rotatable bonds is 8. The van der Waals surface area contributed by atoms with E-state index in [1.165, 1.54) is 0 Å². The number of alkyl halides is 2. The zero-order chi connectivity index (χ0) is 19.6. The Balaban J connectivity index is -0.000000108. The molecule has 0 aromatic heterocycles. The van der Waals surface area contributed by atoms with Gasteiger partial charge in [0.2, 0.25) is 0 Å². The molecule has 0 rings (SSSR count). The van der Waals surface area contributed by atoms with Crippen molar-refractivity contribution in [3.63, 3.8) is 0 Å². The van der Waals surface area contributed by atoms with Crippen molar-refractivity contribution in [2.24, 2.45) is 23.7 Å². The number of allylic oxidation sites excluding steroid dienone is 4. The minimum Gasteiger partial charge on any atom is -1.00 e. The first-order valence-corrected chi connectivity index (χ1v) is 10.7. The predicted octanol–water partition coefficient (Wildman–Crippen LogP) is 0.881. The first-order valence-electron chi connectivity index (χ1n) is 9.03. The van der Waals surface area contributed by atoms with Gasteiger partial charge in [0.1, 0.15) is 11.3 Å². The van der Waals surface area contributed by atoms with Crippen LogP contribution < -0.4 is 24.8 Å². The van der Waals surface area contributed by atoms with Crippen molar-refractivity contribution in [1.29, 1.82) is 0 Å². The van der Waals surface area contributed by atoms with E-state index < -0.39 is 11.3 Å². The summed E-state index contributed by atoms with van der Waals surface area (Å²) in [5.74, 6) is 0.186. The molecule has 2 unspecified atom stereocenters. The summed E-state index contributed by atoms with van der Waals surface area (Å²) in [6, 6.07) is 0. The molecule has 0 aliphatic heterocycles. The second-order valence-corrected chi connectivity index (χ2v) is 8.49. The molecule has 0 aromatic carbocycles. The first-order chi connectivity index (χ1) is 10.9. The Morgan fingerprint density at radius 3 is 0.926 bits per heavy atom. The molecule has 0 bridgehead atoms. The molecule has 0 heterocycles. The molecule has 0 N–H and O–H groups in total. The molecule has 0 aliphatic rings. The fourth-order valence-electron chi connectivity index (χ4n) is 2.60. The molecular formula is C20H40Cl2F2NiP2. The van der Waals surface area contributed by atoms with Gasteiger partial charge in [-0.3, -0.25) is 0 Å². The van der Waals surface area contributed by atoms with Gasteiger partial charge < -0.3 is 24.8 Å². The molecule has 168 valence electrons. The van der Waals surface area contributed by atoms with E-state index >= 15 is 0 Å². The third-order valence-corrected chi connectivity index (χ3v) is 5.10. The number of hydrogen-bond acceptors (Lipinski definition) is 0. The van der Waals surface area contributed by atoms with E-state index in [0.717, 1.165) is 12.3 Å². The van der Waals surface area contributed by atoms with Crippen LogP contribution in [0, 0.1) is 23.7 Å². The molecule has 0 radical (unpaired) electrons. The summed E-state index contributed by atoms with van der Waals surface area (Å²) in [6.45, 7) is 15.4. The van der Waals surface area contributed by atoms with Crippen LogP contribution in [0.3, 0.4) is 0 Å². The van der Waals surface area contributed by atoms with Gasteiger partial charge in [-0.05, 0) is 36.0 Å². The fraction of sp³-hybridized carbons (Fsp3) is 0.800. The summed E-state index contributed by atoms with van der Waals surface area (Å²) < 4.78 is 28.3. The molecule has 0 amide bonds. The van der Waals surface area contributed by atoms with Crippen LogP contribution in [0.4, 0.5) is 8.78 Å². The van der Waals surface area contributed by atoms with Crippen LogP contribution in [-0.4, -0.2) is 23.7 Å². The van der Waals surface area contributed by atoms with Crippen LogP contribution in [0.1, 0.15) is 55.4 Å². The molecule has 0 aliphatic carbocycles. The Morgan fingerprint density at radius 2 is 0.815 bits per heavy atom. The summed E-state index contributed by atoms with van der Waals surface area (Å²) >= 11 is 0. The average molecular weight is 510 g/mol. The van der Waals surface area contributed by atoms with Crippen molar-refractivity contribution in [1.82, 2.24) is 0 Å². The van der Waals surface area contributed by atoms with Crippen LogP contribution >= 0.6 is 18.5 Å². The maximum atomic E-state index is 14.1. The standard InChI is InChI=1S/2C10H20FP.2ClH.Ni/c2*1-8(2)10(11,9(3)4)6-5-7-12;;;/h2*5-6,8-9H,7,12H2,1-4H3;2*1H;/q;;;;+2/p-2. The smallest absolute Gasteiger partial charge is 1.00 e. The van der Waals surface area contributed by atoms with Gasteiger partial charge in [-0.2, -0.15) is 0 Å². The van der Waals surface area contributed by atoms with Gasteiger partial charge in [0.15, 0.2) is 0 Å². The molecule has 27 heavy (non-hydrogen) atoms. The van der Waals surface area contributed by atoms with Gasteiger partial charge in [-0.15, -0.1) is 18.5 Å². The minimum atomic E-state index is -1.14. The zero-order valence-corrected chi connectivity index (χ0v) is 22.8. The molecule has 0 saturated heterocycles. The van der Waals surface area contributed by atoms with E-state index in [4.69, 9.17) is 0 Å². The Bertz CT molecular complexity index is 336. The zero-order valence-electron chi connectivity index (χ0n) is 18.0. The SMILES string of the molecule is CC(C)C(F)(C=CCP)C(C)C.CC(C)C(F)(C=CCP)C(C)C.[Cl-].[Cl-].[Ni+2]. The third kappa shape index (κ3) is 14.0. The van der Waals surface area contributed by atoms with Crippen LogP contribution in [0.2, 0.25) is 0 Å². The molecule has 0 fully saturated rings. The molecule has 0 saturated carbocycles. The van der Waals surface area contributed by atoms with Gasteiger partial charge in [0.05, 0.1) is 0 Å². The van der Waals surface area contributed by atoms with E-state index in [2.05, 4.69) is 18.5 Å². The topological polar surface area (TPSA) is 0 Å². The van der Waals surface area contributed by atoms with Gasteiger partial charge >= 0.3 is 16.5 Å². The second-order valence-electron chi connectivity index (χ2n) is 7.55. The number of hydrogen-bond donors (Lipinski definition) is 0. The van der Waals surface area contributed by atoms with Crippen molar-refractivity contribution in [2.45, 2.75) is 66.7 Å². The van der Waals surface area contributed by atoms with Gasteiger partial charge in [-0.25, -0.2) is 8.78 Å². The van der Waals surface area contributed by atoms with E-state index in [-0.39, 0.29) is 65.0 Å². The largest absolute Gasteiger partial charge is 2.00 e. The summed E-state index contributed by atoms with van der Waals surface area (Å²) in [5, 5.41) is 0. The maximum Gasteiger partial charge on any atom is 2.00 e. The molecule has 2 atom stereocenters. The second kappa shape index (κ2) is 19.2. The summed E-state index contributed by atoms with van der Waals surface area (Å²) in [5.41, 5.74) is -2.28. The van der Waals surface area contributed by atoms with Crippen LogP contribution in [0.15, 0.2) is 24.3 Å². The number of halogens is 4. The van der Waals surface area contributed by atoms with Gasteiger partial charge in [0, 0.05) is 0 Å². The van der Waals surface area contributed by atoms with Crippen molar-refractivity contribution >= 4 is 18.5 Å². The molecule has 0 nitrogen and oxygen atoms in total. The van der Waals surface area contributed by atoms with Crippen LogP contribution in [0.25, 0.3) is 0 Å². The van der Waals surface area contributed by atoms with Gasteiger partial charge in [0.25, 0.3) is 0 Å². The summed E-state index contributed by atoms with van der Waals surface area (Å²) in [6.07, 6.45) is 8.82. The summed E-state index contributed by atoms with van der Waals surface area (Å²) in [4.78, 5) is 0. The van der Waals surface area contributed by atoms with Gasteiger partial charge in [-0.1, -0.05) is 79.7 Å². The van der Waals surface area contributed by atoms with E-state index in [1.807, 2.05) is 67.5 Å². The monoisotopic (exact) mass is 508 g/mol. The molecular weight excluding hydrogens is 470 g/mol. The van der Waals surface area contributed by atoms with Crippen molar-refractivity contribution in [3.05, 3.63) is 24.3 Å². The Morgan fingerprint density at radius 1 is 0.630 bits per heavy atom. The quantitative estimate of drug-likeness (QED) is 0.259. The normalized spacial score (nSPS) is 12.1. The Labute approximate surface area is 195 Å². The van der Waals surface area contributed by atoms with Crippen molar-refractivity contribution in [2.75, 3.05) is 12.3 Å². The molecule has 0 aromatic rings. The third-order valence-electron chi connectivity index (χ3n) is 4.56. The average Bonchev–Trinajstić information content (AvgIpc) is 2.49. The Kier molecular flexibility index (Phi) is 27.7. The predicted molar refractivity (Wildman–Crippen MR) is 114 cm³/mol. The van der Waals surface area contributed by atoms with Crippen LogP contribution in [-0.2, 0) is 16.5 Å². The molecule has 0 spiro atoms. The fourth-order valence-corrected chi connectivity index (χ4v) is 2.87. The minimum absolute atomic E-state index is 0. The van der Waals surface area contributed by atoms with E-state index in [0.29, 0.717) is 0 Å². The van der Waals surface area contributed by atoms with E-state index in [9.17, 15) is 8.78 Å².